The molecule has 1 unspecified atom stereocenters. The highest BCUT2D eigenvalue weighted by Gasteiger charge is 2.22. The number of amides is 1. The number of thiazole rings is 1. The van der Waals surface area contributed by atoms with E-state index in [1.54, 1.807) is 25.3 Å². The number of carbonyl (C=O) groups excluding carboxylic acids is 1. The maximum absolute atomic E-state index is 12.9. The number of rotatable bonds is 10. The van der Waals surface area contributed by atoms with Crippen molar-refractivity contribution in [2.45, 2.75) is 39.0 Å². The summed E-state index contributed by atoms with van der Waals surface area (Å²) < 4.78 is 18.8. The highest BCUT2D eigenvalue weighted by atomic mass is 35.5. The standard InChI is InChI=1S/C24H27Cl2N3O4S/c1-15-20(24(30)27-12-18-4-3-6-32-18)11-22(29(15)5-7-31-2)21-14-34-23(28-21)13-33-19-9-16(25)8-17(26)10-19/h8-11,14,18H,3-7,12-13H2,1-2H3,(H,27,30). The Kier molecular flexibility index (Phi) is 8.50. The predicted molar refractivity (Wildman–Crippen MR) is 134 cm³/mol. The summed E-state index contributed by atoms with van der Waals surface area (Å²) in [4.78, 5) is 17.7. The quantitative estimate of drug-likeness (QED) is 0.387. The number of nitrogens with one attached hydrogen (secondary N) is 1. The molecule has 1 aromatic carbocycles. The molecule has 0 saturated carbocycles. The highest BCUT2D eigenvalue weighted by molar-refractivity contribution is 7.09. The van der Waals surface area contributed by atoms with Gasteiger partial charge >= 0.3 is 0 Å². The second-order valence-electron chi connectivity index (χ2n) is 8.04. The van der Waals surface area contributed by atoms with Crippen LogP contribution in [0.1, 0.15) is 33.9 Å². The van der Waals surface area contributed by atoms with Crippen molar-refractivity contribution in [2.75, 3.05) is 26.9 Å². The Morgan fingerprint density at radius 1 is 1.29 bits per heavy atom. The van der Waals surface area contributed by atoms with E-state index in [2.05, 4.69) is 9.88 Å². The smallest absolute Gasteiger partial charge is 0.253 e. The van der Waals surface area contributed by atoms with Crippen molar-refractivity contribution in [3.8, 4) is 17.1 Å². The number of methoxy groups -OCH3 is 1. The number of hydrogen-bond acceptors (Lipinski definition) is 6. The molecule has 0 bridgehead atoms. The Labute approximate surface area is 212 Å². The number of ether oxygens (including phenoxy) is 3. The van der Waals surface area contributed by atoms with Gasteiger partial charge in [-0.1, -0.05) is 23.2 Å². The summed E-state index contributed by atoms with van der Waals surface area (Å²) in [7, 11) is 1.66. The summed E-state index contributed by atoms with van der Waals surface area (Å²) in [5.74, 6) is 0.473. The van der Waals surface area contributed by atoms with E-state index < -0.39 is 0 Å². The van der Waals surface area contributed by atoms with Crippen molar-refractivity contribution in [3.63, 3.8) is 0 Å². The first-order valence-corrected chi connectivity index (χ1v) is 12.7. The van der Waals surface area contributed by atoms with E-state index in [0.29, 0.717) is 41.1 Å². The van der Waals surface area contributed by atoms with Crippen LogP contribution in [0.5, 0.6) is 5.75 Å². The van der Waals surface area contributed by atoms with Gasteiger partial charge in [0.2, 0.25) is 0 Å². The molecule has 7 nitrogen and oxygen atoms in total. The normalized spacial score (nSPS) is 15.6. The second-order valence-corrected chi connectivity index (χ2v) is 9.85. The lowest BCUT2D eigenvalue weighted by molar-refractivity contribution is 0.0857. The molecule has 0 radical (unpaired) electrons. The fraction of sp³-hybridized carbons (Fsp3) is 0.417. The van der Waals surface area contributed by atoms with E-state index >= 15 is 0 Å². The third-order valence-electron chi connectivity index (χ3n) is 5.66. The van der Waals surface area contributed by atoms with Crippen molar-refractivity contribution in [1.82, 2.24) is 14.9 Å². The Morgan fingerprint density at radius 2 is 2.09 bits per heavy atom. The van der Waals surface area contributed by atoms with Crippen LogP contribution < -0.4 is 10.1 Å². The number of hydrogen-bond donors (Lipinski definition) is 1. The maximum Gasteiger partial charge on any atom is 0.253 e. The highest BCUT2D eigenvalue weighted by Crippen LogP contribution is 2.29. The van der Waals surface area contributed by atoms with Crippen LogP contribution in [-0.4, -0.2) is 48.4 Å². The summed E-state index contributed by atoms with van der Waals surface area (Å²) >= 11 is 13.6. The second kappa shape index (κ2) is 11.6. The molecule has 1 amide bonds. The summed E-state index contributed by atoms with van der Waals surface area (Å²) in [6.45, 7) is 4.64. The lowest BCUT2D eigenvalue weighted by Gasteiger charge is -2.12. The summed E-state index contributed by atoms with van der Waals surface area (Å²) in [5.41, 5.74) is 3.15. The average Bonchev–Trinajstić information content (AvgIpc) is 3.55. The van der Waals surface area contributed by atoms with Gasteiger partial charge in [-0.15, -0.1) is 11.3 Å². The number of aromatic nitrogens is 2. The first-order valence-electron chi connectivity index (χ1n) is 11.1. The SMILES string of the molecule is COCCn1c(-c2csc(COc3cc(Cl)cc(Cl)c3)n2)cc(C(=O)NCC2CCCO2)c1C. The molecule has 0 spiro atoms. The van der Waals surface area contributed by atoms with E-state index in [1.165, 1.54) is 11.3 Å². The molecule has 34 heavy (non-hydrogen) atoms. The molecule has 4 rings (SSSR count). The fourth-order valence-corrected chi connectivity index (χ4v) is 5.12. The zero-order valence-electron chi connectivity index (χ0n) is 19.1. The molecular weight excluding hydrogens is 497 g/mol. The monoisotopic (exact) mass is 523 g/mol. The molecule has 3 aromatic rings. The minimum absolute atomic E-state index is 0.0924. The van der Waals surface area contributed by atoms with E-state index in [-0.39, 0.29) is 18.6 Å². The molecule has 1 aliphatic heterocycles. The minimum Gasteiger partial charge on any atom is -0.486 e. The summed E-state index contributed by atoms with van der Waals surface area (Å²) in [6.07, 6.45) is 2.11. The van der Waals surface area contributed by atoms with Crippen LogP contribution in [0.25, 0.3) is 11.4 Å². The van der Waals surface area contributed by atoms with Crippen LogP contribution in [0.4, 0.5) is 0 Å². The molecule has 182 valence electrons. The van der Waals surface area contributed by atoms with E-state index in [0.717, 1.165) is 41.5 Å². The number of carbonyl (C=O) groups is 1. The van der Waals surface area contributed by atoms with Gasteiger partial charge in [-0.25, -0.2) is 4.98 Å². The van der Waals surface area contributed by atoms with Gasteiger partial charge in [-0.05, 0) is 44.0 Å². The van der Waals surface area contributed by atoms with E-state index in [4.69, 9.17) is 42.4 Å². The largest absolute Gasteiger partial charge is 0.486 e. The van der Waals surface area contributed by atoms with Gasteiger partial charge in [-0.3, -0.25) is 4.79 Å². The molecule has 1 aliphatic rings. The average molecular weight is 524 g/mol. The molecule has 1 N–H and O–H groups in total. The van der Waals surface area contributed by atoms with Gasteiger partial charge in [0.05, 0.1) is 29.7 Å². The third-order valence-corrected chi connectivity index (χ3v) is 6.92. The van der Waals surface area contributed by atoms with Crippen LogP contribution in [0.3, 0.4) is 0 Å². The molecule has 1 fully saturated rings. The Morgan fingerprint density at radius 3 is 2.79 bits per heavy atom. The Bertz CT molecular complexity index is 1120. The van der Waals surface area contributed by atoms with Crippen LogP contribution >= 0.6 is 34.5 Å². The topological polar surface area (TPSA) is 74.6 Å². The Hall–Kier alpha value is -2.10. The third kappa shape index (κ3) is 6.12. The molecule has 1 saturated heterocycles. The van der Waals surface area contributed by atoms with Gasteiger partial charge in [0.1, 0.15) is 17.4 Å². The Balaban J connectivity index is 1.51. The van der Waals surface area contributed by atoms with Crippen molar-refractivity contribution in [3.05, 3.63) is 56.0 Å². The lowest BCUT2D eigenvalue weighted by Crippen LogP contribution is -2.32. The van der Waals surface area contributed by atoms with Crippen LogP contribution in [0, 0.1) is 6.92 Å². The maximum atomic E-state index is 12.9. The van der Waals surface area contributed by atoms with Gasteiger partial charge in [0.25, 0.3) is 5.91 Å². The molecule has 2 aromatic heterocycles. The van der Waals surface area contributed by atoms with Crippen molar-refractivity contribution >= 4 is 40.4 Å². The molecule has 1 atom stereocenters. The van der Waals surface area contributed by atoms with Crippen molar-refractivity contribution < 1.29 is 19.0 Å². The predicted octanol–water partition coefficient (Wildman–Crippen LogP) is 5.36. The van der Waals surface area contributed by atoms with Crippen LogP contribution in [0.2, 0.25) is 10.0 Å². The van der Waals surface area contributed by atoms with Crippen LogP contribution in [-0.2, 0) is 22.6 Å². The fourth-order valence-electron chi connectivity index (χ4n) is 3.92. The summed E-state index contributed by atoms with van der Waals surface area (Å²) in [6, 6.07) is 6.97. The molecule has 0 aliphatic carbocycles. The van der Waals surface area contributed by atoms with Gasteiger partial charge in [-0.2, -0.15) is 0 Å². The number of benzene rings is 1. The van der Waals surface area contributed by atoms with Crippen molar-refractivity contribution in [2.24, 2.45) is 0 Å². The minimum atomic E-state index is -0.109. The van der Waals surface area contributed by atoms with Gasteiger partial charge < -0.3 is 24.1 Å². The van der Waals surface area contributed by atoms with Gasteiger partial charge in [0.15, 0.2) is 0 Å². The zero-order valence-corrected chi connectivity index (χ0v) is 21.4. The first-order chi connectivity index (χ1) is 16.4. The molecule has 10 heteroatoms. The molecular formula is C24H27Cl2N3O4S. The van der Waals surface area contributed by atoms with Crippen molar-refractivity contribution in [1.29, 1.82) is 0 Å². The van der Waals surface area contributed by atoms with Gasteiger partial charge in [0, 0.05) is 47.9 Å². The first kappa shape index (κ1) is 25.0. The number of nitrogens with zero attached hydrogens (tertiary/aromatic N) is 2. The van der Waals surface area contributed by atoms with Crippen LogP contribution in [0.15, 0.2) is 29.6 Å². The number of halogens is 2. The lowest BCUT2D eigenvalue weighted by atomic mass is 10.2. The van der Waals surface area contributed by atoms with E-state index in [1.807, 2.05) is 18.4 Å². The molecule has 3 heterocycles. The zero-order chi connectivity index (χ0) is 24.1. The van der Waals surface area contributed by atoms with E-state index in [9.17, 15) is 4.79 Å². The summed E-state index contributed by atoms with van der Waals surface area (Å²) in [5, 5.41) is 6.81.